The van der Waals surface area contributed by atoms with Crippen molar-refractivity contribution in [3.8, 4) is 0 Å². The first-order chi connectivity index (χ1) is 10.3. The largest absolute Gasteiger partial charge is 0.351 e. The molecule has 1 N–H and O–H groups in total. The van der Waals surface area contributed by atoms with Gasteiger partial charge < -0.3 is 10.1 Å². The zero-order valence-electron chi connectivity index (χ0n) is 12.4. The number of piperidine rings is 2. The van der Waals surface area contributed by atoms with E-state index in [1.165, 1.54) is 18.9 Å². The number of hydrogen-bond donors (Lipinski definition) is 1. The van der Waals surface area contributed by atoms with Crippen LogP contribution in [0.15, 0.2) is 24.3 Å². The number of rotatable bonds is 1. The Morgan fingerprint density at radius 1 is 1.24 bits per heavy atom. The van der Waals surface area contributed by atoms with Crippen molar-refractivity contribution in [1.82, 2.24) is 10.2 Å². The summed E-state index contributed by atoms with van der Waals surface area (Å²) in [5.74, 6) is -0.162. The first kappa shape index (κ1) is 13.7. The molecule has 2 atom stereocenters. The van der Waals surface area contributed by atoms with Crippen LogP contribution in [-0.2, 0) is 4.74 Å². The lowest BCUT2D eigenvalue weighted by Crippen LogP contribution is -2.55. The van der Waals surface area contributed by atoms with Gasteiger partial charge in [-0.15, -0.1) is 0 Å². The van der Waals surface area contributed by atoms with Gasteiger partial charge in [-0.25, -0.2) is 4.39 Å². The number of nitrogens with zero attached hydrogens (tertiary/aromatic N) is 1. The predicted molar refractivity (Wildman–Crippen MR) is 79.4 cm³/mol. The second kappa shape index (κ2) is 5.34. The first-order valence-corrected chi connectivity index (χ1v) is 8.19. The summed E-state index contributed by atoms with van der Waals surface area (Å²) >= 11 is 0. The van der Waals surface area contributed by atoms with Crippen LogP contribution >= 0.6 is 0 Å². The molecule has 0 radical (unpaired) electrons. The molecule has 1 aromatic rings. The highest BCUT2D eigenvalue weighted by molar-refractivity contribution is 5.23. The Kier molecular flexibility index (Phi) is 3.48. The maximum atomic E-state index is 13.6. The Morgan fingerprint density at radius 3 is 2.90 bits per heavy atom. The van der Waals surface area contributed by atoms with E-state index in [2.05, 4.69) is 10.2 Å². The maximum Gasteiger partial charge on any atom is 0.125 e. The van der Waals surface area contributed by atoms with E-state index in [0.717, 1.165) is 44.5 Å². The molecular formula is C17H23FN2O. The number of halogens is 1. The van der Waals surface area contributed by atoms with Crippen LogP contribution in [0.5, 0.6) is 0 Å². The molecule has 0 aliphatic carbocycles. The molecule has 3 nitrogen and oxygen atoms in total. The molecule has 0 aromatic heterocycles. The monoisotopic (exact) mass is 290 g/mol. The van der Waals surface area contributed by atoms with E-state index in [0.29, 0.717) is 6.04 Å². The molecule has 4 heteroatoms. The summed E-state index contributed by atoms with van der Waals surface area (Å²) in [6.45, 7) is 3.15. The first-order valence-electron chi connectivity index (χ1n) is 8.19. The van der Waals surface area contributed by atoms with Gasteiger partial charge in [-0.2, -0.15) is 0 Å². The van der Waals surface area contributed by atoms with Crippen LogP contribution in [0.25, 0.3) is 0 Å². The Hall–Kier alpha value is -0.970. The standard InChI is InChI=1S/C17H23FN2O/c18-14-5-3-4-13(12-14)16-15-6-1-2-11-20(15)17(21-16)7-9-19-10-8-17/h3-5,12,15-16,19H,1-2,6-11H2. The summed E-state index contributed by atoms with van der Waals surface area (Å²) in [6, 6.07) is 7.39. The minimum absolute atomic E-state index is 0.0269. The van der Waals surface area contributed by atoms with Gasteiger partial charge in [0, 0.05) is 25.4 Å². The minimum Gasteiger partial charge on any atom is -0.351 e. The lowest BCUT2D eigenvalue weighted by Gasteiger charge is -2.43. The smallest absolute Gasteiger partial charge is 0.125 e. The van der Waals surface area contributed by atoms with Crippen molar-refractivity contribution in [1.29, 1.82) is 0 Å². The third kappa shape index (κ3) is 2.30. The van der Waals surface area contributed by atoms with Crippen LogP contribution in [0.1, 0.15) is 43.8 Å². The van der Waals surface area contributed by atoms with E-state index in [-0.39, 0.29) is 17.6 Å². The van der Waals surface area contributed by atoms with Crippen LogP contribution in [0.2, 0.25) is 0 Å². The van der Waals surface area contributed by atoms with E-state index in [9.17, 15) is 4.39 Å². The van der Waals surface area contributed by atoms with Gasteiger partial charge in [-0.1, -0.05) is 18.6 Å². The second-order valence-corrected chi connectivity index (χ2v) is 6.55. The van der Waals surface area contributed by atoms with Gasteiger partial charge >= 0.3 is 0 Å². The number of hydrogen-bond acceptors (Lipinski definition) is 3. The third-order valence-corrected chi connectivity index (χ3v) is 5.33. The Morgan fingerprint density at radius 2 is 2.10 bits per heavy atom. The summed E-state index contributed by atoms with van der Waals surface area (Å²) in [4.78, 5) is 2.59. The van der Waals surface area contributed by atoms with Crippen LogP contribution in [0.4, 0.5) is 4.39 Å². The fourth-order valence-corrected chi connectivity index (χ4v) is 4.36. The normalized spacial score (nSPS) is 32.2. The molecule has 3 saturated heterocycles. The maximum absolute atomic E-state index is 13.6. The highest BCUT2D eigenvalue weighted by atomic mass is 19.1. The molecule has 2 unspecified atom stereocenters. The van der Waals surface area contributed by atoms with Crippen molar-refractivity contribution >= 4 is 0 Å². The molecular weight excluding hydrogens is 267 g/mol. The van der Waals surface area contributed by atoms with Crippen molar-refractivity contribution in [2.24, 2.45) is 0 Å². The van der Waals surface area contributed by atoms with Crippen molar-refractivity contribution in [2.75, 3.05) is 19.6 Å². The predicted octanol–water partition coefficient (Wildman–Crippen LogP) is 2.83. The summed E-state index contributed by atoms with van der Waals surface area (Å²) in [5.41, 5.74) is 0.884. The zero-order chi connectivity index (χ0) is 14.3. The van der Waals surface area contributed by atoms with Crippen molar-refractivity contribution in [3.05, 3.63) is 35.6 Å². The number of fused-ring (bicyclic) bond motifs is 2. The van der Waals surface area contributed by atoms with Gasteiger partial charge in [0.25, 0.3) is 0 Å². The van der Waals surface area contributed by atoms with Gasteiger partial charge in [0.15, 0.2) is 0 Å². The molecule has 0 amide bonds. The lowest BCUT2D eigenvalue weighted by atomic mass is 9.91. The molecule has 3 aliphatic heterocycles. The van der Waals surface area contributed by atoms with Crippen molar-refractivity contribution in [2.45, 2.75) is 50.0 Å². The van der Waals surface area contributed by atoms with Gasteiger partial charge in [0.05, 0.1) is 0 Å². The molecule has 3 heterocycles. The SMILES string of the molecule is Fc1cccc(C2OC3(CCNCC3)N3CCCCC23)c1. The molecule has 114 valence electrons. The average Bonchev–Trinajstić information content (AvgIpc) is 2.83. The fourth-order valence-electron chi connectivity index (χ4n) is 4.36. The second-order valence-electron chi connectivity index (χ2n) is 6.55. The number of nitrogens with one attached hydrogen (secondary N) is 1. The number of benzene rings is 1. The van der Waals surface area contributed by atoms with Gasteiger partial charge in [-0.3, -0.25) is 4.90 Å². The molecule has 4 rings (SSSR count). The molecule has 0 bridgehead atoms. The van der Waals surface area contributed by atoms with Crippen LogP contribution < -0.4 is 5.32 Å². The highest BCUT2D eigenvalue weighted by Crippen LogP contribution is 2.48. The lowest BCUT2D eigenvalue weighted by molar-refractivity contribution is -0.126. The summed E-state index contributed by atoms with van der Waals surface area (Å²) < 4.78 is 20.2. The Bertz CT molecular complexity index is 515. The molecule has 21 heavy (non-hydrogen) atoms. The summed E-state index contributed by atoms with van der Waals surface area (Å²) in [6.07, 6.45) is 5.77. The molecule has 0 saturated carbocycles. The Balaban J connectivity index is 1.68. The molecule has 3 aliphatic rings. The van der Waals surface area contributed by atoms with E-state index in [4.69, 9.17) is 4.74 Å². The third-order valence-electron chi connectivity index (χ3n) is 5.33. The topological polar surface area (TPSA) is 24.5 Å². The van der Waals surface area contributed by atoms with Gasteiger partial charge in [0.2, 0.25) is 0 Å². The molecule has 3 fully saturated rings. The van der Waals surface area contributed by atoms with Crippen molar-refractivity contribution in [3.63, 3.8) is 0 Å². The summed E-state index contributed by atoms with van der Waals surface area (Å²) in [7, 11) is 0. The zero-order valence-corrected chi connectivity index (χ0v) is 12.4. The molecule has 1 aromatic carbocycles. The number of ether oxygens (including phenoxy) is 1. The summed E-state index contributed by atoms with van der Waals surface area (Å²) in [5, 5.41) is 3.43. The quantitative estimate of drug-likeness (QED) is 0.861. The van der Waals surface area contributed by atoms with Gasteiger partial charge in [0.1, 0.15) is 17.6 Å². The van der Waals surface area contributed by atoms with E-state index in [1.807, 2.05) is 6.07 Å². The van der Waals surface area contributed by atoms with E-state index in [1.54, 1.807) is 12.1 Å². The fraction of sp³-hybridized carbons (Fsp3) is 0.647. The van der Waals surface area contributed by atoms with Gasteiger partial charge in [-0.05, 0) is 43.6 Å². The van der Waals surface area contributed by atoms with E-state index < -0.39 is 0 Å². The minimum atomic E-state index is -0.162. The average molecular weight is 290 g/mol. The van der Waals surface area contributed by atoms with Crippen LogP contribution in [0.3, 0.4) is 0 Å². The van der Waals surface area contributed by atoms with Crippen LogP contribution in [0, 0.1) is 5.82 Å². The molecule has 1 spiro atoms. The van der Waals surface area contributed by atoms with Crippen molar-refractivity contribution < 1.29 is 9.13 Å². The Labute approximate surface area is 125 Å². The highest BCUT2D eigenvalue weighted by Gasteiger charge is 2.53. The van der Waals surface area contributed by atoms with E-state index >= 15 is 0 Å². The van der Waals surface area contributed by atoms with Crippen LogP contribution in [-0.4, -0.2) is 36.3 Å².